The molecule has 0 atom stereocenters. The highest BCUT2D eigenvalue weighted by atomic mass is 32.2. The first-order chi connectivity index (χ1) is 9.49. The van der Waals surface area contributed by atoms with Crippen molar-refractivity contribution in [1.29, 1.82) is 5.26 Å². The molecule has 2 rings (SSSR count). The van der Waals surface area contributed by atoms with E-state index in [-0.39, 0.29) is 10.7 Å². The van der Waals surface area contributed by atoms with Crippen LogP contribution in [0.25, 0.3) is 0 Å². The Balaban J connectivity index is 2.10. The Morgan fingerprint density at radius 1 is 1.10 bits per heavy atom. The summed E-state index contributed by atoms with van der Waals surface area (Å²) < 4.78 is 0.248. The fraction of sp³-hybridized carbons (Fsp3) is 0.875. The number of rotatable bonds is 1. The fourth-order valence-corrected chi connectivity index (χ4v) is 4.33. The number of nitrogens with zero attached hydrogens (tertiary/aromatic N) is 2. The summed E-state index contributed by atoms with van der Waals surface area (Å²) in [6.07, 6.45) is 6.91. The Morgan fingerprint density at radius 2 is 1.75 bits per heavy atom. The van der Waals surface area contributed by atoms with Gasteiger partial charge in [-0.05, 0) is 19.3 Å². The highest BCUT2D eigenvalue weighted by molar-refractivity contribution is 8.00. The molecule has 1 saturated heterocycles. The van der Waals surface area contributed by atoms with E-state index in [1.54, 1.807) is 0 Å². The summed E-state index contributed by atoms with van der Waals surface area (Å²) in [7, 11) is 0. The number of thioether (sulfide) groups is 1. The number of hydrogen-bond acceptors (Lipinski definition) is 3. The van der Waals surface area contributed by atoms with Crippen LogP contribution in [0.2, 0.25) is 0 Å². The topological polar surface area (TPSA) is 44.1 Å². The van der Waals surface area contributed by atoms with E-state index in [1.165, 1.54) is 12.8 Å². The number of hydrogen-bond donors (Lipinski definition) is 0. The minimum atomic E-state index is -0.727. The molecule has 0 radical (unpaired) electrons. The molecule has 0 N–H and O–H groups in total. The molecule has 1 aliphatic carbocycles. The molecule has 112 valence electrons. The summed E-state index contributed by atoms with van der Waals surface area (Å²) in [5, 5.41) is 9.64. The largest absolute Gasteiger partial charge is 0.340 e. The molecule has 4 heteroatoms. The van der Waals surface area contributed by atoms with E-state index in [2.05, 4.69) is 19.9 Å². The van der Waals surface area contributed by atoms with Crippen molar-refractivity contribution in [3.63, 3.8) is 0 Å². The van der Waals surface area contributed by atoms with Crippen LogP contribution in [0.1, 0.15) is 58.8 Å². The van der Waals surface area contributed by atoms with Crippen LogP contribution in [0.3, 0.4) is 0 Å². The molecule has 0 bridgehead atoms. The number of carbonyl (C=O) groups excluding carboxylic acids is 1. The van der Waals surface area contributed by atoms with Crippen LogP contribution in [0.5, 0.6) is 0 Å². The van der Waals surface area contributed by atoms with Crippen molar-refractivity contribution in [2.24, 2.45) is 5.41 Å². The van der Waals surface area contributed by atoms with E-state index >= 15 is 0 Å². The van der Waals surface area contributed by atoms with Crippen LogP contribution < -0.4 is 0 Å². The smallest absolute Gasteiger partial charge is 0.243 e. The zero-order valence-electron chi connectivity index (χ0n) is 12.8. The van der Waals surface area contributed by atoms with Gasteiger partial charge in [0.1, 0.15) is 5.41 Å². The maximum absolute atomic E-state index is 12.9. The third-order valence-electron chi connectivity index (χ3n) is 4.71. The van der Waals surface area contributed by atoms with Crippen LogP contribution in [0.15, 0.2) is 0 Å². The summed E-state index contributed by atoms with van der Waals surface area (Å²) in [5.41, 5.74) is -0.727. The van der Waals surface area contributed by atoms with Gasteiger partial charge in [0, 0.05) is 23.6 Å². The van der Waals surface area contributed by atoms with E-state index in [1.807, 2.05) is 16.7 Å². The van der Waals surface area contributed by atoms with Crippen molar-refractivity contribution < 1.29 is 4.79 Å². The Hall–Kier alpha value is -0.690. The predicted molar refractivity (Wildman–Crippen MR) is 83.5 cm³/mol. The normalized spacial score (nSPS) is 26.1. The Kier molecular flexibility index (Phi) is 5.01. The average Bonchev–Trinajstić information content (AvgIpc) is 2.76. The first kappa shape index (κ1) is 15.7. The van der Waals surface area contributed by atoms with E-state index in [0.717, 1.165) is 50.9 Å². The Bertz CT molecular complexity index is 392. The second-order valence-electron chi connectivity index (χ2n) is 6.76. The van der Waals surface area contributed by atoms with Gasteiger partial charge in [0.15, 0.2) is 0 Å². The lowest BCUT2D eigenvalue weighted by Crippen LogP contribution is -2.44. The summed E-state index contributed by atoms with van der Waals surface area (Å²) in [6, 6.07) is 2.40. The maximum atomic E-state index is 12.9. The molecule has 1 amide bonds. The minimum absolute atomic E-state index is 0.111. The van der Waals surface area contributed by atoms with Crippen molar-refractivity contribution in [2.75, 3.05) is 18.8 Å². The lowest BCUT2D eigenvalue weighted by Gasteiger charge is -2.31. The highest BCUT2D eigenvalue weighted by Gasteiger charge is 2.42. The van der Waals surface area contributed by atoms with Crippen molar-refractivity contribution in [2.45, 2.75) is 63.5 Å². The third kappa shape index (κ3) is 3.49. The van der Waals surface area contributed by atoms with Crippen molar-refractivity contribution in [1.82, 2.24) is 4.90 Å². The second kappa shape index (κ2) is 6.39. The molecule has 20 heavy (non-hydrogen) atoms. The van der Waals surface area contributed by atoms with Gasteiger partial charge in [-0.1, -0.05) is 39.5 Å². The summed E-state index contributed by atoms with van der Waals surface area (Å²) in [4.78, 5) is 14.9. The maximum Gasteiger partial charge on any atom is 0.243 e. The monoisotopic (exact) mass is 294 g/mol. The van der Waals surface area contributed by atoms with Crippen LogP contribution >= 0.6 is 11.8 Å². The molecule has 0 unspecified atom stereocenters. The van der Waals surface area contributed by atoms with E-state index in [0.29, 0.717) is 0 Å². The van der Waals surface area contributed by atoms with E-state index in [4.69, 9.17) is 0 Å². The summed E-state index contributed by atoms with van der Waals surface area (Å²) >= 11 is 1.94. The number of nitriles is 1. The van der Waals surface area contributed by atoms with Crippen LogP contribution in [0.4, 0.5) is 0 Å². The molecule has 1 saturated carbocycles. The van der Waals surface area contributed by atoms with Gasteiger partial charge in [0.2, 0.25) is 5.91 Å². The Morgan fingerprint density at radius 3 is 2.35 bits per heavy atom. The molecule has 0 aromatic heterocycles. The second-order valence-corrected chi connectivity index (χ2v) is 8.56. The van der Waals surface area contributed by atoms with Gasteiger partial charge in [-0.25, -0.2) is 0 Å². The van der Waals surface area contributed by atoms with Gasteiger partial charge < -0.3 is 4.90 Å². The average molecular weight is 294 g/mol. The van der Waals surface area contributed by atoms with Gasteiger partial charge >= 0.3 is 0 Å². The number of amides is 1. The zero-order valence-corrected chi connectivity index (χ0v) is 13.6. The van der Waals surface area contributed by atoms with E-state index in [9.17, 15) is 10.1 Å². The van der Waals surface area contributed by atoms with Crippen LogP contribution in [0, 0.1) is 16.7 Å². The lowest BCUT2D eigenvalue weighted by atomic mass is 9.80. The number of carbonyl (C=O) groups is 1. The lowest BCUT2D eigenvalue weighted by molar-refractivity contribution is -0.139. The molecule has 2 aliphatic rings. The van der Waals surface area contributed by atoms with E-state index < -0.39 is 5.41 Å². The molecular formula is C16H26N2OS. The first-order valence-corrected chi connectivity index (χ1v) is 8.82. The van der Waals surface area contributed by atoms with Crippen LogP contribution in [-0.4, -0.2) is 34.4 Å². The van der Waals surface area contributed by atoms with Crippen molar-refractivity contribution in [3.8, 4) is 6.07 Å². The first-order valence-electron chi connectivity index (χ1n) is 7.84. The molecule has 0 aromatic rings. The quantitative estimate of drug-likeness (QED) is 0.694. The van der Waals surface area contributed by atoms with Gasteiger partial charge in [-0.2, -0.15) is 17.0 Å². The van der Waals surface area contributed by atoms with Gasteiger partial charge in [0.05, 0.1) is 6.07 Å². The van der Waals surface area contributed by atoms with Crippen molar-refractivity contribution >= 4 is 17.7 Å². The summed E-state index contributed by atoms with van der Waals surface area (Å²) in [5.74, 6) is 1.10. The van der Waals surface area contributed by atoms with Gasteiger partial charge in [0.25, 0.3) is 0 Å². The molecule has 3 nitrogen and oxygen atoms in total. The van der Waals surface area contributed by atoms with Crippen LogP contribution in [-0.2, 0) is 4.79 Å². The highest BCUT2D eigenvalue weighted by Crippen LogP contribution is 2.38. The van der Waals surface area contributed by atoms with Gasteiger partial charge in [-0.3, -0.25) is 4.79 Å². The standard InChI is InChI=1S/C16H26N2OS/c1-15(2)9-10-18(11-12-20-15)14(19)16(13-17)7-5-3-4-6-8-16/h3-12H2,1-2H3. The van der Waals surface area contributed by atoms with Gasteiger partial charge in [-0.15, -0.1) is 0 Å². The molecular weight excluding hydrogens is 268 g/mol. The fourth-order valence-electron chi connectivity index (χ4n) is 3.23. The predicted octanol–water partition coefficient (Wildman–Crippen LogP) is 3.59. The molecule has 1 heterocycles. The van der Waals surface area contributed by atoms with Crippen molar-refractivity contribution in [3.05, 3.63) is 0 Å². The SMILES string of the molecule is CC1(C)CCN(C(=O)C2(C#N)CCCCCC2)CCS1. The molecule has 1 aliphatic heterocycles. The molecule has 0 aromatic carbocycles. The molecule has 2 fully saturated rings. The third-order valence-corrected chi connectivity index (χ3v) is 6.08. The Labute approximate surface area is 127 Å². The zero-order chi connectivity index (χ0) is 14.6. The molecule has 0 spiro atoms. The minimum Gasteiger partial charge on any atom is -0.340 e. The summed E-state index contributed by atoms with van der Waals surface area (Å²) in [6.45, 7) is 6.10.